The molecule has 1 aliphatic rings. The first-order chi connectivity index (χ1) is 11.5. The van der Waals surface area contributed by atoms with E-state index in [1.807, 2.05) is 0 Å². The summed E-state index contributed by atoms with van der Waals surface area (Å²) < 4.78 is 5.10. The third-order valence-electron chi connectivity index (χ3n) is 4.14. The monoisotopic (exact) mass is 327 g/mol. The molecule has 0 bridgehead atoms. The number of amides is 3. The van der Waals surface area contributed by atoms with Crippen LogP contribution in [0.4, 0.5) is 4.79 Å². The summed E-state index contributed by atoms with van der Waals surface area (Å²) in [4.78, 5) is 40.8. The maximum absolute atomic E-state index is 12.7. The molecule has 1 fully saturated rings. The number of nitrogens with zero attached hydrogens (tertiary/aromatic N) is 1. The number of hydrogen-bond donors (Lipinski definition) is 2. The lowest BCUT2D eigenvalue weighted by atomic mass is 9.92. The number of methoxy groups -OCH3 is 1. The molecule has 7 nitrogen and oxygen atoms in total. The zero-order chi connectivity index (χ0) is 17.3. The van der Waals surface area contributed by atoms with E-state index in [1.54, 1.807) is 56.6 Å². The molecule has 3 amide bonds. The van der Waals surface area contributed by atoms with Crippen molar-refractivity contribution in [1.82, 2.24) is 15.2 Å². The molecular weight excluding hydrogens is 310 g/mol. The first-order valence-electron chi connectivity index (χ1n) is 7.41. The minimum absolute atomic E-state index is 0.309. The Hall–Kier alpha value is -3.09. The lowest BCUT2D eigenvalue weighted by Crippen LogP contribution is -2.41. The van der Waals surface area contributed by atoms with Gasteiger partial charge in [0.2, 0.25) is 0 Å². The molecule has 124 valence electrons. The highest BCUT2D eigenvalue weighted by atomic mass is 16.5. The van der Waals surface area contributed by atoms with E-state index < -0.39 is 17.5 Å². The van der Waals surface area contributed by atoms with Crippen molar-refractivity contribution in [3.63, 3.8) is 0 Å². The Morgan fingerprint density at radius 2 is 1.92 bits per heavy atom. The fourth-order valence-electron chi connectivity index (χ4n) is 2.69. The summed E-state index contributed by atoms with van der Waals surface area (Å²) in [5.74, 6) is -0.141. The Labute approximate surface area is 138 Å². The summed E-state index contributed by atoms with van der Waals surface area (Å²) in [6, 6.07) is 9.56. The number of aromatic amines is 1. The summed E-state index contributed by atoms with van der Waals surface area (Å²) in [5, 5.41) is 2.67. The van der Waals surface area contributed by atoms with Crippen LogP contribution in [0.1, 0.15) is 23.0 Å². The van der Waals surface area contributed by atoms with Crippen LogP contribution in [-0.2, 0) is 10.3 Å². The quantitative estimate of drug-likeness (QED) is 0.645. The minimum Gasteiger partial charge on any atom is -0.497 e. The second-order valence-electron chi connectivity index (χ2n) is 5.68. The molecule has 1 saturated heterocycles. The first kappa shape index (κ1) is 15.8. The second kappa shape index (κ2) is 5.84. The number of carbonyl (C=O) groups is 3. The number of hydrogen-bond acceptors (Lipinski definition) is 4. The predicted octanol–water partition coefficient (Wildman–Crippen LogP) is 1.67. The van der Waals surface area contributed by atoms with Crippen LogP contribution in [0.3, 0.4) is 0 Å². The molecule has 1 aromatic heterocycles. The van der Waals surface area contributed by atoms with E-state index in [0.717, 1.165) is 4.90 Å². The second-order valence-corrected chi connectivity index (χ2v) is 5.68. The highest BCUT2D eigenvalue weighted by Gasteiger charge is 2.49. The molecule has 2 heterocycles. The van der Waals surface area contributed by atoms with Gasteiger partial charge in [-0.15, -0.1) is 0 Å². The number of ether oxygens (including phenoxy) is 1. The van der Waals surface area contributed by atoms with Crippen LogP contribution in [0.5, 0.6) is 5.75 Å². The standard InChI is InChI=1S/C17H17N3O4/c1-17(11-5-7-12(24-2)8-6-11)15(22)20(16(23)19-17)10-14(21)13-4-3-9-18-13/h3-9,18H,10H2,1-2H3,(H,19,23)/t17-/m0/s1. The van der Waals surface area contributed by atoms with E-state index in [0.29, 0.717) is 17.0 Å². The maximum atomic E-state index is 12.7. The van der Waals surface area contributed by atoms with E-state index in [2.05, 4.69) is 10.3 Å². The molecule has 0 spiro atoms. The first-order valence-corrected chi connectivity index (χ1v) is 7.41. The van der Waals surface area contributed by atoms with Gasteiger partial charge in [-0.2, -0.15) is 0 Å². The molecule has 2 aromatic rings. The van der Waals surface area contributed by atoms with Crippen molar-refractivity contribution < 1.29 is 19.1 Å². The molecular formula is C17H17N3O4. The summed E-state index contributed by atoms with van der Waals surface area (Å²) in [5.41, 5.74) is -0.232. The zero-order valence-corrected chi connectivity index (χ0v) is 13.3. The number of rotatable bonds is 5. The van der Waals surface area contributed by atoms with Gasteiger partial charge in [-0.25, -0.2) is 4.79 Å². The van der Waals surface area contributed by atoms with E-state index in [4.69, 9.17) is 4.74 Å². The van der Waals surface area contributed by atoms with Crippen molar-refractivity contribution in [1.29, 1.82) is 0 Å². The number of imide groups is 1. The molecule has 2 N–H and O–H groups in total. The third-order valence-corrected chi connectivity index (χ3v) is 4.14. The fraction of sp³-hybridized carbons (Fsp3) is 0.235. The Bertz CT molecular complexity index is 783. The molecule has 1 atom stereocenters. The van der Waals surface area contributed by atoms with Crippen LogP contribution in [0.2, 0.25) is 0 Å². The minimum atomic E-state index is -1.21. The number of nitrogens with one attached hydrogen (secondary N) is 2. The third kappa shape index (κ3) is 2.54. The molecule has 24 heavy (non-hydrogen) atoms. The van der Waals surface area contributed by atoms with Gasteiger partial charge in [-0.05, 0) is 36.8 Å². The van der Waals surface area contributed by atoms with Gasteiger partial charge in [0.05, 0.1) is 19.3 Å². The summed E-state index contributed by atoms with van der Waals surface area (Å²) in [6.07, 6.45) is 1.61. The van der Waals surface area contributed by atoms with Gasteiger partial charge < -0.3 is 15.0 Å². The lowest BCUT2D eigenvalue weighted by Gasteiger charge is -2.22. The average Bonchev–Trinajstić information content (AvgIpc) is 3.19. The Kier molecular flexibility index (Phi) is 3.84. The Morgan fingerprint density at radius 3 is 2.50 bits per heavy atom. The summed E-state index contributed by atoms with van der Waals surface area (Å²) in [6.45, 7) is 1.31. The normalized spacial score (nSPS) is 20.2. The largest absolute Gasteiger partial charge is 0.497 e. The molecule has 1 aromatic carbocycles. The predicted molar refractivity (Wildman–Crippen MR) is 85.7 cm³/mol. The van der Waals surface area contributed by atoms with Crippen LogP contribution in [-0.4, -0.2) is 41.3 Å². The van der Waals surface area contributed by atoms with Crippen molar-refractivity contribution in [2.24, 2.45) is 0 Å². The van der Waals surface area contributed by atoms with Crippen molar-refractivity contribution in [2.45, 2.75) is 12.5 Å². The Balaban J connectivity index is 1.83. The summed E-state index contributed by atoms with van der Waals surface area (Å²) in [7, 11) is 1.55. The number of benzene rings is 1. The molecule has 7 heteroatoms. The van der Waals surface area contributed by atoms with Crippen LogP contribution >= 0.6 is 0 Å². The van der Waals surface area contributed by atoms with Gasteiger partial charge in [0.1, 0.15) is 11.3 Å². The number of Topliss-reactive ketones (excluding diaryl/α,β-unsaturated/α-hetero) is 1. The van der Waals surface area contributed by atoms with Crippen LogP contribution in [0.15, 0.2) is 42.6 Å². The van der Waals surface area contributed by atoms with Crippen molar-refractivity contribution in [3.8, 4) is 5.75 Å². The van der Waals surface area contributed by atoms with Gasteiger partial charge in [0.15, 0.2) is 5.78 Å². The van der Waals surface area contributed by atoms with Crippen molar-refractivity contribution in [2.75, 3.05) is 13.7 Å². The fourth-order valence-corrected chi connectivity index (χ4v) is 2.69. The number of H-pyrrole nitrogens is 1. The topological polar surface area (TPSA) is 91.5 Å². The smallest absolute Gasteiger partial charge is 0.325 e. The highest BCUT2D eigenvalue weighted by molar-refractivity contribution is 6.10. The number of ketones is 1. The molecule has 0 saturated carbocycles. The van der Waals surface area contributed by atoms with Gasteiger partial charge >= 0.3 is 6.03 Å². The molecule has 0 radical (unpaired) electrons. The molecule has 1 aliphatic heterocycles. The van der Waals surface area contributed by atoms with Crippen molar-refractivity contribution in [3.05, 3.63) is 53.9 Å². The summed E-state index contributed by atoms with van der Waals surface area (Å²) >= 11 is 0. The van der Waals surface area contributed by atoms with Crippen LogP contribution in [0, 0.1) is 0 Å². The number of carbonyl (C=O) groups excluding carboxylic acids is 3. The van der Waals surface area contributed by atoms with E-state index in [1.165, 1.54) is 0 Å². The zero-order valence-electron chi connectivity index (χ0n) is 13.3. The number of urea groups is 1. The van der Waals surface area contributed by atoms with E-state index in [-0.39, 0.29) is 12.3 Å². The number of aromatic nitrogens is 1. The highest BCUT2D eigenvalue weighted by Crippen LogP contribution is 2.30. The molecule has 0 aliphatic carbocycles. The van der Waals surface area contributed by atoms with Crippen LogP contribution in [0.25, 0.3) is 0 Å². The maximum Gasteiger partial charge on any atom is 0.325 e. The van der Waals surface area contributed by atoms with Gasteiger partial charge in [-0.3, -0.25) is 14.5 Å². The van der Waals surface area contributed by atoms with Gasteiger partial charge in [0.25, 0.3) is 5.91 Å². The molecule has 0 unspecified atom stereocenters. The van der Waals surface area contributed by atoms with Crippen molar-refractivity contribution >= 4 is 17.7 Å². The van der Waals surface area contributed by atoms with Crippen LogP contribution < -0.4 is 10.1 Å². The Morgan fingerprint density at radius 1 is 1.21 bits per heavy atom. The lowest BCUT2D eigenvalue weighted by molar-refractivity contribution is -0.130. The average molecular weight is 327 g/mol. The van der Waals surface area contributed by atoms with E-state index in [9.17, 15) is 14.4 Å². The SMILES string of the molecule is COc1ccc([C@]2(C)NC(=O)N(CC(=O)c3ccc[nH]3)C2=O)cc1. The molecule has 3 rings (SSSR count). The van der Waals surface area contributed by atoms with Gasteiger partial charge in [0, 0.05) is 6.20 Å². The van der Waals surface area contributed by atoms with E-state index >= 15 is 0 Å². The van der Waals surface area contributed by atoms with Gasteiger partial charge in [-0.1, -0.05) is 12.1 Å².